The Morgan fingerprint density at radius 3 is 2.83 bits per heavy atom. The Hall–Kier alpha value is -0.570. The molecule has 12 heavy (non-hydrogen) atoms. The molecule has 0 heterocycles. The second kappa shape index (κ2) is 4.45. The van der Waals surface area contributed by atoms with Crippen LogP contribution in [0.3, 0.4) is 0 Å². The number of ether oxygens (including phenoxy) is 1. The number of amidine groups is 1. The first-order valence-corrected chi connectivity index (χ1v) is 4.52. The predicted molar refractivity (Wildman–Crippen MR) is 50.3 cm³/mol. The van der Waals surface area contributed by atoms with E-state index in [0.717, 1.165) is 19.0 Å². The maximum atomic E-state index is 5.73. The average molecular weight is 170 g/mol. The zero-order valence-corrected chi connectivity index (χ0v) is 7.92. The van der Waals surface area contributed by atoms with Gasteiger partial charge in [0.2, 0.25) is 0 Å². The molecule has 0 bridgehead atoms. The van der Waals surface area contributed by atoms with E-state index in [1.807, 2.05) is 0 Å². The van der Waals surface area contributed by atoms with Crippen molar-refractivity contribution < 1.29 is 4.74 Å². The van der Waals surface area contributed by atoms with E-state index in [1.165, 1.54) is 12.8 Å². The van der Waals surface area contributed by atoms with Crippen molar-refractivity contribution >= 4 is 5.84 Å². The van der Waals surface area contributed by atoms with Gasteiger partial charge in [-0.15, -0.1) is 0 Å². The normalized spacial score (nSPS) is 21.0. The van der Waals surface area contributed by atoms with Gasteiger partial charge >= 0.3 is 0 Å². The van der Waals surface area contributed by atoms with Gasteiger partial charge in [-0.3, -0.25) is 4.99 Å². The summed E-state index contributed by atoms with van der Waals surface area (Å²) in [6.07, 6.45) is 2.46. The van der Waals surface area contributed by atoms with Crippen LogP contribution in [0.4, 0.5) is 0 Å². The van der Waals surface area contributed by atoms with Crippen molar-refractivity contribution in [3.63, 3.8) is 0 Å². The quantitative estimate of drug-likeness (QED) is 0.495. The molecule has 1 aliphatic rings. The number of aliphatic imine (C=N–C) groups is 1. The lowest BCUT2D eigenvalue weighted by Crippen LogP contribution is -2.17. The number of methoxy groups -OCH3 is 1. The standard InChI is InChI=1S/C9H18N2O/c1-7(6-12-2)5-11-9(10)8-3-4-8/h7-8H,3-6H2,1-2H3,(H2,10,11). The molecule has 0 amide bonds. The van der Waals surface area contributed by atoms with Crippen LogP contribution >= 0.6 is 0 Å². The topological polar surface area (TPSA) is 47.6 Å². The number of hydrogen-bond donors (Lipinski definition) is 1. The summed E-state index contributed by atoms with van der Waals surface area (Å²) in [5.74, 6) is 1.92. The first-order valence-electron chi connectivity index (χ1n) is 4.52. The second-order valence-electron chi connectivity index (χ2n) is 3.60. The van der Waals surface area contributed by atoms with E-state index in [4.69, 9.17) is 10.5 Å². The van der Waals surface area contributed by atoms with Crippen LogP contribution in [-0.4, -0.2) is 26.1 Å². The van der Waals surface area contributed by atoms with Crippen molar-refractivity contribution in [2.75, 3.05) is 20.3 Å². The van der Waals surface area contributed by atoms with E-state index < -0.39 is 0 Å². The Balaban J connectivity index is 2.17. The molecule has 70 valence electrons. The van der Waals surface area contributed by atoms with Gasteiger partial charge in [-0.25, -0.2) is 0 Å². The molecular formula is C9H18N2O. The molecule has 0 aliphatic heterocycles. The van der Waals surface area contributed by atoms with Crippen molar-refractivity contribution in [3.8, 4) is 0 Å². The van der Waals surface area contributed by atoms with Crippen molar-refractivity contribution in [1.82, 2.24) is 0 Å². The van der Waals surface area contributed by atoms with Crippen LogP contribution in [-0.2, 0) is 4.74 Å². The summed E-state index contributed by atoms with van der Waals surface area (Å²) in [5, 5.41) is 0. The van der Waals surface area contributed by atoms with Gasteiger partial charge in [0.15, 0.2) is 0 Å². The fraction of sp³-hybridized carbons (Fsp3) is 0.889. The van der Waals surface area contributed by atoms with Crippen LogP contribution in [0.2, 0.25) is 0 Å². The largest absolute Gasteiger partial charge is 0.387 e. The molecule has 0 aromatic heterocycles. The fourth-order valence-corrected chi connectivity index (χ4v) is 1.11. The Morgan fingerprint density at radius 1 is 1.67 bits per heavy atom. The Morgan fingerprint density at radius 2 is 2.33 bits per heavy atom. The minimum atomic E-state index is 0.479. The minimum absolute atomic E-state index is 0.479. The zero-order valence-electron chi connectivity index (χ0n) is 7.92. The molecule has 1 saturated carbocycles. The Kier molecular flexibility index (Phi) is 3.53. The van der Waals surface area contributed by atoms with Crippen molar-refractivity contribution in [3.05, 3.63) is 0 Å². The SMILES string of the molecule is COCC(C)CN=C(N)C1CC1. The molecule has 0 saturated heterocycles. The summed E-state index contributed by atoms with van der Waals surface area (Å²) in [4.78, 5) is 4.32. The smallest absolute Gasteiger partial charge is 0.0968 e. The summed E-state index contributed by atoms with van der Waals surface area (Å²) >= 11 is 0. The Bertz CT molecular complexity index is 164. The van der Waals surface area contributed by atoms with Gasteiger partial charge in [0.1, 0.15) is 0 Å². The molecule has 1 aliphatic carbocycles. The molecule has 3 heteroatoms. The number of rotatable bonds is 5. The lowest BCUT2D eigenvalue weighted by atomic mass is 10.2. The van der Waals surface area contributed by atoms with Gasteiger partial charge in [0.25, 0.3) is 0 Å². The van der Waals surface area contributed by atoms with Crippen molar-refractivity contribution in [2.24, 2.45) is 22.6 Å². The molecule has 0 spiro atoms. The van der Waals surface area contributed by atoms with Crippen LogP contribution in [0.25, 0.3) is 0 Å². The fourth-order valence-electron chi connectivity index (χ4n) is 1.11. The van der Waals surface area contributed by atoms with Crippen LogP contribution in [0, 0.1) is 11.8 Å². The Labute approximate surface area is 74.0 Å². The predicted octanol–water partition coefficient (Wildman–Crippen LogP) is 1.04. The maximum absolute atomic E-state index is 5.73. The number of hydrogen-bond acceptors (Lipinski definition) is 2. The van der Waals surface area contributed by atoms with Gasteiger partial charge in [-0.2, -0.15) is 0 Å². The molecule has 1 fully saturated rings. The molecule has 2 N–H and O–H groups in total. The first kappa shape index (κ1) is 9.52. The van der Waals surface area contributed by atoms with Crippen LogP contribution in [0.15, 0.2) is 4.99 Å². The monoisotopic (exact) mass is 170 g/mol. The average Bonchev–Trinajstić information content (AvgIpc) is 2.83. The lowest BCUT2D eigenvalue weighted by Gasteiger charge is -2.06. The molecule has 3 nitrogen and oxygen atoms in total. The molecule has 1 atom stereocenters. The number of nitrogens with zero attached hydrogens (tertiary/aromatic N) is 1. The van der Waals surface area contributed by atoms with Crippen LogP contribution < -0.4 is 5.73 Å². The van der Waals surface area contributed by atoms with E-state index in [0.29, 0.717) is 11.8 Å². The minimum Gasteiger partial charge on any atom is -0.387 e. The highest BCUT2D eigenvalue weighted by atomic mass is 16.5. The summed E-state index contributed by atoms with van der Waals surface area (Å²) in [6.45, 7) is 3.69. The molecular weight excluding hydrogens is 152 g/mol. The summed E-state index contributed by atoms with van der Waals surface area (Å²) < 4.78 is 5.00. The van der Waals surface area contributed by atoms with Gasteiger partial charge in [-0.1, -0.05) is 6.92 Å². The summed E-state index contributed by atoms with van der Waals surface area (Å²) in [5.41, 5.74) is 5.73. The van der Waals surface area contributed by atoms with Crippen LogP contribution in [0.5, 0.6) is 0 Å². The lowest BCUT2D eigenvalue weighted by molar-refractivity contribution is 0.163. The maximum Gasteiger partial charge on any atom is 0.0968 e. The van der Waals surface area contributed by atoms with Crippen molar-refractivity contribution in [1.29, 1.82) is 0 Å². The molecule has 1 rings (SSSR count). The van der Waals surface area contributed by atoms with Gasteiger partial charge < -0.3 is 10.5 Å². The van der Waals surface area contributed by atoms with E-state index in [2.05, 4.69) is 11.9 Å². The highest BCUT2D eigenvalue weighted by molar-refractivity contribution is 5.84. The summed E-state index contributed by atoms with van der Waals surface area (Å²) in [7, 11) is 1.71. The van der Waals surface area contributed by atoms with E-state index in [9.17, 15) is 0 Å². The third-order valence-corrected chi connectivity index (χ3v) is 2.03. The number of nitrogens with two attached hydrogens (primary N) is 1. The molecule has 0 aromatic rings. The third-order valence-electron chi connectivity index (χ3n) is 2.03. The van der Waals surface area contributed by atoms with Gasteiger partial charge in [0.05, 0.1) is 12.4 Å². The molecule has 0 aromatic carbocycles. The zero-order chi connectivity index (χ0) is 8.97. The highest BCUT2D eigenvalue weighted by Gasteiger charge is 2.25. The van der Waals surface area contributed by atoms with Gasteiger partial charge in [0, 0.05) is 19.6 Å². The summed E-state index contributed by atoms with van der Waals surface area (Å²) in [6, 6.07) is 0. The van der Waals surface area contributed by atoms with Crippen molar-refractivity contribution in [2.45, 2.75) is 19.8 Å². The second-order valence-corrected chi connectivity index (χ2v) is 3.60. The van der Waals surface area contributed by atoms with E-state index >= 15 is 0 Å². The van der Waals surface area contributed by atoms with E-state index in [1.54, 1.807) is 7.11 Å². The van der Waals surface area contributed by atoms with E-state index in [-0.39, 0.29) is 0 Å². The van der Waals surface area contributed by atoms with Crippen LogP contribution in [0.1, 0.15) is 19.8 Å². The molecule has 1 unspecified atom stereocenters. The highest BCUT2D eigenvalue weighted by Crippen LogP contribution is 2.28. The molecule has 0 radical (unpaired) electrons. The first-order chi connectivity index (χ1) is 5.74. The van der Waals surface area contributed by atoms with Gasteiger partial charge in [-0.05, 0) is 18.8 Å². The third kappa shape index (κ3) is 3.22.